The smallest absolute Gasteiger partial charge is 0.337 e. The van der Waals surface area contributed by atoms with Crippen molar-refractivity contribution in [1.29, 1.82) is 0 Å². The van der Waals surface area contributed by atoms with E-state index in [0.717, 1.165) is 0 Å². The molecule has 156 valence electrons. The van der Waals surface area contributed by atoms with E-state index in [1.54, 1.807) is 61.5 Å². The van der Waals surface area contributed by atoms with Crippen molar-refractivity contribution in [3.05, 3.63) is 89.4 Å². The maximum Gasteiger partial charge on any atom is 0.337 e. The number of hydrogen-bond donors (Lipinski definition) is 2. The van der Waals surface area contributed by atoms with Gasteiger partial charge in [-0.3, -0.25) is 9.59 Å². The monoisotopic (exact) mass is 416 g/mol. The van der Waals surface area contributed by atoms with Gasteiger partial charge in [-0.05, 0) is 55.5 Å². The lowest BCUT2D eigenvalue weighted by Crippen LogP contribution is -2.41. The Bertz CT molecular complexity index is 1160. The number of rotatable bonds is 5. The van der Waals surface area contributed by atoms with Crippen LogP contribution in [-0.2, 0) is 9.53 Å². The average Bonchev–Trinajstić information content (AvgIpc) is 3.33. The second kappa shape index (κ2) is 9.94. The molecule has 3 aromatic rings. The number of anilines is 1. The van der Waals surface area contributed by atoms with E-state index >= 15 is 0 Å². The molecule has 2 aromatic carbocycles. The molecule has 0 spiro atoms. The molecule has 1 heterocycles. The van der Waals surface area contributed by atoms with Gasteiger partial charge in [-0.1, -0.05) is 24.0 Å². The Hall–Kier alpha value is -4.31. The molecule has 0 radical (unpaired) electrons. The molecule has 0 saturated carbocycles. The normalized spacial score (nSPS) is 10.9. The van der Waals surface area contributed by atoms with Crippen LogP contribution >= 0.6 is 0 Å². The van der Waals surface area contributed by atoms with Crippen LogP contribution < -0.4 is 10.6 Å². The van der Waals surface area contributed by atoms with Gasteiger partial charge in [0.25, 0.3) is 5.91 Å². The van der Waals surface area contributed by atoms with Gasteiger partial charge in [-0.25, -0.2) is 4.79 Å². The van der Waals surface area contributed by atoms with Crippen molar-refractivity contribution in [2.24, 2.45) is 0 Å². The molecular formula is C24H20N2O5. The van der Waals surface area contributed by atoms with Gasteiger partial charge in [0, 0.05) is 16.8 Å². The summed E-state index contributed by atoms with van der Waals surface area (Å²) in [6.07, 6.45) is 1.39. The van der Waals surface area contributed by atoms with E-state index < -0.39 is 17.9 Å². The lowest BCUT2D eigenvalue weighted by atomic mass is 10.1. The van der Waals surface area contributed by atoms with Crippen LogP contribution in [0.4, 0.5) is 5.69 Å². The number of amides is 2. The Morgan fingerprint density at radius 3 is 2.35 bits per heavy atom. The lowest BCUT2D eigenvalue weighted by Gasteiger charge is -2.13. The minimum atomic E-state index is -0.770. The third-order valence-electron chi connectivity index (χ3n) is 4.25. The zero-order valence-electron chi connectivity index (χ0n) is 17.0. The topological polar surface area (TPSA) is 97.6 Å². The predicted octanol–water partition coefficient (Wildman–Crippen LogP) is 3.22. The van der Waals surface area contributed by atoms with Gasteiger partial charge in [-0.2, -0.15) is 0 Å². The van der Waals surface area contributed by atoms with Crippen LogP contribution in [0.5, 0.6) is 0 Å². The highest BCUT2D eigenvalue weighted by Crippen LogP contribution is 2.11. The summed E-state index contributed by atoms with van der Waals surface area (Å²) < 4.78 is 9.73. The minimum absolute atomic E-state index is 0.133. The molecule has 0 saturated heterocycles. The third kappa shape index (κ3) is 5.84. The number of furan rings is 1. The van der Waals surface area contributed by atoms with Gasteiger partial charge in [0.15, 0.2) is 5.76 Å². The van der Waals surface area contributed by atoms with Crippen molar-refractivity contribution in [3.63, 3.8) is 0 Å². The Balaban J connectivity index is 1.65. The van der Waals surface area contributed by atoms with Crippen LogP contribution in [0.15, 0.2) is 71.3 Å². The summed E-state index contributed by atoms with van der Waals surface area (Å²) in [5.74, 6) is 4.84. The first-order valence-electron chi connectivity index (χ1n) is 9.42. The van der Waals surface area contributed by atoms with E-state index in [0.29, 0.717) is 22.4 Å². The zero-order valence-corrected chi connectivity index (χ0v) is 17.0. The third-order valence-corrected chi connectivity index (χ3v) is 4.25. The van der Waals surface area contributed by atoms with Crippen molar-refractivity contribution in [2.45, 2.75) is 13.0 Å². The molecular weight excluding hydrogens is 396 g/mol. The van der Waals surface area contributed by atoms with Gasteiger partial charge in [0.05, 0.1) is 18.9 Å². The molecule has 7 heteroatoms. The van der Waals surface area contributed by atoms with Crippen molar-refractivity contribution < 1.29 is 23.5 Å². The molecule has 2 N–H and O–H groups in total. The summed E-state index contributed by atoms with van der Waals surface area (Å²) in [5, 5.41) is 5.32. The molecule has 1 unspecified atom stereocenters. The maximum atomic E-state index is 12.4. The number of hydrogen-bond acceptors (Lipinski definition) is 5. The van der Waals surface area contributed by atoms with E-state index in [1.807, 2.05) is 0 Å². The fourth-order valence-electron chi connectivity index (χ4n) is 2.65. The fourth-order valence-corrected chi connectivity index (χ4v) is 2.65. The molecule has 0 aliphatic heterocycles. The van der Waals surface area contributed by atoms with Crippen LogP contribution in [0.3, 0.4) is 0 Å². The molecule has 31 heavy (non-hydrogen) atoms. The van der Waals surface area contributed by atoms with Gasteiger partial charge in [0.1, 0.15) is 6.04 Å². The molecule has 3 rings (SSSR count). The number of carbonyl (C=O) groups excluding carboxylic acids is 3. The summed E-state index contributed by atoms with van der Waals surface area (Å²) in [5.41, 5.74) is 2.29. The largest absolute Gasteiger partial charge is 0.465 e. The Morgan fingerprint density at radius 2 is 1.68 bits per heavy atom. The first kappa shape index (κ1) is 21.4. The molecule has 0 aliphatic rings. The second-order valence-electron chi connectivity index (χ2n) is 6.56. The van der Waals surface area contributed by atoms with Crippen LogP contribution in [0.25, 0.3) is 0 Å². The Kier molecular flexibility index (Phi) is 6.86. The number of methoxy groups -OCH3 is 1. The van der Waals surface area contributed by atoms with Crippen molar-refractivity contribution >= 4 is 23.5 Å². The average molecular weight is 416 g/mol. The minimum Gasteiger partial charge on any atom is -0.465 e. The number of esters is 1. The first-order chi connectivity index (χ1) is 15.0. The van der Waals surface area contributed by atoms with E-state index in [9.17, 15) is 14.4 Å². The highest BCUT2D eigenvalue weighted by molar-refractivity contribution is 6.00. The first-order valence-corrected chi connectivity index (χ1v) is 9.42. The molecule has 7 nitrogen and oxygen atoms in total. The zero-order chi connectivity index (χ0) is 22.2. The number of ether oxygens (including phenoxy) is 1. The van der Waals surface area contributed by atoms with Crippen LogP contribution in [0.1, 0.15) is 39.0 Å². The van der Waals surface area contributed by atoms with Crippen LogP contribution in [0.2, 0.25) is 0 Å². The molecule has 1 aromatic heterocycles. The van der Waals surface area contributed by atoms with Crippen molar-refractivity contribution in [1.82, 2.24) is 5.32 Å². The molecule has 2 amide bonds. The second-order valence-corrected chi connectivity index (χ2v) is 6.56. The highest BCUT2D eigenvalue weighted by atomic mass is 16.5. The highest BCUT2D eigenvalue weighted by Gasteiger charge is 2.18. The summed E-state index contributed by atoms with van der Waals surface area (Å²) in [6, 6.07) is 16.2. The van der Waals surface area contributed by atoms with E-state index in [2.05, 4.69) is 22.5 Å². The molecule has 0 bridgehead atoms. The number of nitrogens with one attached hydrogen (secondary N) is 2. The molecule has 0 fully saturated rings. The van der Waals surface area contributed by atoms with Gasteiger partial charge in [0.2, 0.25) is 5.91 Å². The number of benzene rings is 2. The van der Waals surface area contributed by atoms with E-state index in [1.165, 1.54) is 19.4 Å². The predicted molar refractivity (Wildman–Crippen MR) is 114 cm³/mol. The quantitative estimate of drug-likeness (QED) is 0.492. The van der Waals surface area contributed by atoms with Gasteiger partial charge >= 0.3 is 5.97 Å². The summed E-state index contributed by atoms with van der Waals surface area (Å²) in [6.45, 7) is 1.58. The van der Waals surface area contributed by atoms with Crippen molar-refractivity contribution in [3.8, 4) is 11.8 Å². The standard InChI is InChI=1S/C24H20N2O5/c1-16(25-23(28)21-10-5-13-31-21)22(27)26-20-9-4-7-18(15-20)12-11-17-6-3-8-19(14-17)24(29)30-2/h3-10,13-16H,1-2H3,(H,25,28)(H,26,27). The van der Waals surface area contributed by atoms with Gasteiger partial charge in [-0.15, -0.1) is 0 Å². The molecule has 1 atom stereocenters. The summed E-state index contributed by atoms with van der Waals surface area (Å²) >= 11 is 0. The Morgan fingerprint density at radius 1 is 0.968 bits per heavy atom. The number of carbonyl (C=O) groups is 3. The summed E-state index contributed by atoms with van der Waals surface area (Å²) in [7, 11) is 1.32. The van der Waals surface area contributed by atoms with E-state index in [4.69, 9.17) is 9.15 Å². The van der Waals surface area contributed by atoms with Crippen LogP contribution in [-0.4, -0.2) is 30.9 Å². The molecule has 0 aliphatic carbocycles. The van der Waals surface area contributed by atoms with E-state index in [-0.39, 0.29) is 11.7 Å². The van der Waals surface area contributed by atoms with Crippen LogP contribution in [0, 0.1) is 11.8 Å². The fraction of sp³-hybridized carbons (Fsp3) is 0.125. The van der Waals surface area contributed by atoms with Gasteiger partial charge < -0.3 is 19.8 Å². The summed E-state index contributed by atoms with van der Waals surface area (Å²) in [4.78, 5) is 36.0. The SMILES string of the molecule is COC(=O)c1cccc(C#Cc2cccc(NC(=O)C(C)NC(=O)c3ccco3)c2)c1. The Labute approximate surface area is 179 Å². The lowest BCUT2D eigenvalue weighted by molar-refractivity contribution is -0.117. The maximum absolute atomic E-state index is 12.4. The van der Waals surface area contributed by atoms with Crippen molar-refractivity contribution in [2.75, 3.05) is 12.4 Å².